The summed E-state index contributed by atoms with van der Waals surface area (Å²) in [6, 6.07) is 4.36. The van der Waals surface area contributed by atoms with Gasteiger partial charge in [0.1, 0.15) is 17.9 Å². The van der Waals surface area contributed by atoms with Gasteiger partial charge < -0.3 is 9.73 Å². The van der Waals surface area contributed by atoms with Crippen molar-refractivity contribution in [1.29, 1.82) is 0 Å². The molecule has 0 saturated heterocycles. The van der Waals surface area contributed by atoms with Crippen LogP contribution in [0, 0.1) is 11.6 Å². The van der Waals surface area contributed by atoms with Crippen molar-refractivity contribution in [1.82, 2.24) is 0 Å². The summed E-state index contributed by atoms with van der Waals surface area (Å²) in [4.78, 5) is 11.5. The van der Waals surface area contributed by atoms with E-state index in [9.17, 15) is 13.6 Å². The SMILES string of the molecule is O=C(Nc1ccc(F)cc1F)c1ccoc1. The van der Waals surface area contributed by atoms with Crippen molar-refractivity contribution in [3.05, 3.63) is 54.0 Å². The summed E-state index contributed by atoms with van der Waals surface area (Å²) in [6.45, 7) is 0. The first-order chi connectivity index (χ1) is 7.66. The van der Waals surface area contributed by atoms with Crippen molar-refractivity contribution < 1.29 is 18.0 Å². The summed E-state index contributed by atoms with van der Waals surface area (Å²) in [6.07, 6.45) is 2.56. The van der Waals surface area contributed by atoms with Crippen LogP contribution in [0.2, 0.25) is 0 Å². The molecule has 5 heteroatoms. The molecule has 0 fully saturated rings. The lowest BCUT2D eigenvalue weighted by Crippen LogP contribution is -2.12. The Labute approximate surface area is 89.7 Å². The summed E-state index contributed by atoms with van der Waals surface area (Å²) < 4.78 is 30.5. The highest BCUT2D eigenvalue weighted by molar-refractivity contribution is 6.04. The van der Waals surface area contributed by atoms with Crippen molar-refractivity contribution in [3.8, 4) is 0 Å². The molecule has 2 rings (SSSR count). The van der Waals surface area contributed by atoms with Gasteiger partial charge in [-0.05, 0) is 18.2 Å². The molecule has 1 heterocycles. The molecule has 0 unspecified atom stereocenters. The van der Waals surface area contributed by atoms with Gasteiger partial charge in [0, 0.05) is 6.07 Å². The molecule has 0 aliphatic carbocycles. The molecule has 3 nitrogen and oxygen atoms in total. The van der Waals surface area contributed by atoms with Gasteiger partial charge in [-0.3, -0.25) is 4.79 Å². The van der Waals surface area contributed by atoms with Crippen LogP contribution in [0.15, 0.2) is 41.2 Å². The summed E-state index contributed by atoms with van der Waals surface area (Å²) in [5.41, 5.74) is 0.191. The maximum atomic E-state index is 13.2. The fourth-order valence-electron chi connectivity index (χ4n) is 1.18. The normalized spacial score (nSPS) is 10.1. The Kier molecular flexibility index (Phi) is 2.68. The Morgan fingerprint density at radius 3 is 2.69 bits per heavy atom. The second-order valence-electron chi connectivity index (χ2n) is 3.09. The zero-order chi connectivity index (χ0) is 11.5. The molecule has 0 bridgehead atoms. The van der Waals surface area contributed by atoms with Gasteiger partial charge in [0.2, 0.25) is 0 Å². The van der Waals surface area contributed by atoms with Crippen LogP contribution in [0.5, 0.6) is 0 Å². The summed E-state index contributed by atoms with van der Waals surface area (Å²) in [7, 11) is 0. The summed E-state index contributed by atoms with van der Waals surface area (Å²) in [5.74, 6) is -2.03. The number of hydrogen-bond donors (Lipinski definition) is 1. The van der Waals surface area contributed by atoms with E-state index in [1.807, 2.05) is 0 Å². The van der Waals surface area contributed by atoms with Crippen LogP contribution >= 0.6 is 0 Å². The third-order valence-electron chi connectivity index (χ3n) is 1.96. The Hall–Kier alpha value is -2.17. The lowest BCUT2D eigenvalue weighted by Gasteiger charge is -2.04. The molecule has 2 aromatic rings. The maximum Gasteiger partial charge on any atom is 0.258 e. The Balaban J connectivity index is 2.18. The summed E-state index contributed by atoms with van der Waals surface area (Å²) >= 11 is 0. The highest BCUT2D eigenvalue weighted by Crippen LogP contribution is 2.16. The molecule has 0 spiro atoms. The van der Waals surface area contributed by atoms with E-state index < -0.39 is 17.5 Å². The molecule has 1 N–H and O–H groups in total. The minimum absolute atomic E-state index is 0.0763. The molecular weight excluding hydrogens is 216 g/mol. The molecule has 0 atom stereocenters. The van der Waals surface area contributed by atoms with Crippen molar-refractivity contribution in [2.75, 3.05) is 5.32 Å². The molecule has 16 heavy (non-hydrogen) atoms. The van der Waals surface area contributed by atoms with Crippen LogP contribution < -0.4 is 5.32 Å². The molecule has 1 aromatic heterocycles. The molecule has 1 amide bonds. The van der Waals surface area contributed by atoms with Gasteiger partial charge >= 0.3 is 0 Å². The Morgan fingerprint density at radius 2 is 2.06 bits per heavy atom. The van der Waals surface area contributed by atoms with E-state index in [1.54, 1.807) is 0 Å². The van der Waals surface area contributed by atoms with E-state index in [2.05, 4.69) is 5.32 Å². The number of carbonyl (C=O) groups is 1. The van der Waals surface area contributed by atoms with Crippen LogP contribution in [0.4, 0.5) is 14.5 Å². The molecule has 0 radical (unpaired) electrons. The fraction of sp³-hybridized carbons (Fsp3) is 0. The van der Waals surface area contributed by atoms with Crippen LogP contribution in [0.3, 0.4) is 0 Å². The van der Waals surface area contributed by atoms with E-state index >= 15 is 0 Å². The van der Waals surface area contributed by atoms with E-state index in [0.717, 1.165) is 12.1 Å². The second-order valence-corrected chi connectivity index (χ2v) is 3.09. The second kappa shape index (κ2) is 4.14. The number of rotatable bonds is 2. The van der Waals surface area contributed by atoms with E-state index in [-0.39, 0.29) is 11.3 Å². The largest absolute Gasteiger partial charge is 0.472 e. The number of halogens is 2. The first-order valence-electron chi connectivity index (χ1n) is 4.45. The first kappa shape index (κ1) is 10.4. The van der Waals surface area contributed by atoms with Gasteiger partial charge in [0.25, 0.3) is 5.91 Å². The standard InChI is InChI=1S/C11H7F2NO2/c12-8-1-2-10(9(13)5-8)14-11(15)7-3-4-16-6-7/h1-6H,(H,14,15). The number of amides is 1. The van der Waals surface area contributed by atoms with E-state index in [1.165, 1.54) is 18.6 Å². The average Bonchev–Trinajstić information content (AvgIpc) is 2.75. The smallest absolute Gasteiger partial charge is 0.258 e. The molecular formula is C11H7F2NO2. The fourth-order valence-corrected chi connectivity index (χ4v) is 1.18. The van der Waals surface area contributed by atoms with Gasteiger partial charge in [-0.1, -0.05) is 0 Å². The Morgan fingerprint density at radius 1 is 1.25 bits per heavy atom. The zero-order valence-corrected chi connectivity index (χ0v) is 8.04. The van der Waals surface area contributed by atoms with Gasteiger partial charge in [-0.15, -0.1) is 0 Å². The number of anilines is 1. The lowest BCUT2D eigenvalue weighted by molar-refractivity contribution is 0.102. The van der Waals surface area contributed by atoms with Gasteiger partial charge in [0.15, 0.2) is 0 Å². The van der Waals surface area contributed by atoms with Crippen molar-refractivity contribution in [2.45, 2.75) is 0 Å². The predicted molar refractivity (Wildman–Crippen MR) is 53.0 cm³/mol. The quantitative estimate of drug-likeness (QED) is 0.850. The maximum absolute atomic E-state index is 13.2. The topological polar surface area (TPSA) is 42.2 Å². The van der Waals surface area contributed by atoms with Gasteiger partial charge in [-0.25, -0.2) is 8.78 Å². The number of benzene rings is 1. The third kappa shape index (κ3) is 2.08. The first-order valence-corrected chi connectivity index (χ1v) is 4.45. The van der Waals surface area contributed by atoms with E-state index in [0.29, 0.717) is 6.07 Å². The number of nitrogens with one attached hydrogen (secondary N) is 1. The van der Waals surface area contributed by atoms with Crippen LogP contribution in [-0.4, -0.2) is 5.91 Å². The predicted octanol–water partition coefficient (Wildman–Crippen LogP) is 2.81. The monoisotopic (exact) mass is 223 g/mol. The van der Waals surface area contributed by atoms with E-state index in [4.69, 9.17) is 4.42 Å². The highest BCUT2D eigenvalue weighted by Gasteiger charge is 2.10. The molecule has 1 aromatic carbocycles. The zero-order valence-electron chi connectivity index (χ0n) is 8.04. The molecule has 0 aliphatic heterocycles. The number of carbonyl (C=O) groups excluding carboxylic acids is 1. The van der Waals surface area contributed by atoms with Crippen molar-refractivity contribution in [2.24, 2.45) is 0 Å². The lowest BCUT2D eigenvalue weighted by atomic mass is 10.2. The van der Waals surface area contributed by atoms with Crippen molar-refractivity contribution in [3.63, 3.8) is 0 Å². The summed E-state index contributed by atoms with van der Waals surface area (Å²) in [5, 5.41) is 2.30. The number of hydrogen-bond acceptors (Lipinski definition) is 2. The average molecular weight is 223 g/mol. The van der Waals surface area contributed by atoms with Gasteiger partial charge in [-0.2, -0.15) is 0 Å². The van der Waals surface area contributed by atoms with Gasteiger partial charge in [0.05, 0.1) is 17.5 Å². The van der Waals surface area contributed by atoms with Crippen LogP contribution in [0.25, 0.3) is 0 Å². The third-order valence-corrected chi connectivity index (χ3v) is 1.96. The van der Waals surface area contributed by atoms with Crippen molar-refractivity contribution >= 4 is 11.6 Å². The van der Waals surface area contributed by atoms with Crippen LogP contribution in [0.1, 0.15) is 10.4 Å². The highest BCUT2D eigenvalue weighted by atomic mass is 19.1. The Bertz CT molecular complexity index is 509. The molecule has 0 aliphatic rings. The molecule has 0 saturated carbocycles. The molecule has 82 valence electrons. The minimum Gasteiger partial charge on any atom is -0.472 e. The number of furan rings is 1. The van der Waals surface area contributed by atoms with Crippen LogP contribution in [-0.2, 0) is 0 Å². The minimum atomic E-state index is -0.822.